The minimum absolute atomic E-state index is 0.0454. The lowest BCUT2D eigenvalue weighted by Gasteiger charge is -2.37. The second kappa shape index (κ2) is 5.29. The first-order valence-electron chi connectivity index (χ1n) is 7.10. The van der Waals surface area contributed by atoms with Crippen molar-refractivity contribution in [2.24, 2.45) is 11.7 Å². The van der Waals surface area contributed by atoms with Gasteiger partial charge in [-0.25, -0.2) is 4.98 Å². The van der Waals surface area contributed by atoms with Crippen molar-refractivity contribution in [1.29, 1.82) is 0 Å². The lowest BCUT2D eigenvalue weighted by molar-refractivity contribution is -0.383. The summed E-state index contributed by atoms with van der Waals surface area (Å²) in [5.41, 5.74) is 7.62. The highest BCUT2D eigenvalue weighted by Gasteiger charge is 2.25. The molecule has 1 aromatic heterocycles. The summed E-state index contributed by atoms with van der Waals surface area (Å²) in [5, 5.41) is 11.9. The molecule has 2 unspecified atom stereocenters. The summed E-state index contributed by atoms with van der Waals surface area (Å²) in [6.07, 6.45) is 2.61. The van der Waals surface area contributed by atoms with Gasteiger partial charge in [-0.3, -0.25) is 10.1 Å². The van der Waals surface area contributed by atoms with Gasteiger partial charge in [0.2, 0.25) is 0 Å². The maximum absolute atomic E-state index is 11.1. The van der Waals surface area contributed by atoms with E-state index in [1.807, 2.05) is 18.2 Å². The molecule has 3 rings (SSSR count). The first-order valence-corrected chi connectivity index (χ1v) is 7.10. The monoisotopic (exact) mass is 286 g/mol. The van der Waals surface area contributed by atoms with Crippen molar-refractivity contribution in [3.63, 3.8) is 0 Å². The molecular weight excluding hydrogens is 268 g/mol. The van der Waals surface area contributed by atoms with Crippen LogP contribution in [-0.2, 0) is 0 Å². The number of piperidine rings is 1. The third-order valence-electron chi connectivity index (χ3n) is 4.28. The Kier molecular flexibility index (Phi) is 3.47. The highest BCUT2D eigenvalue weighted by atomic mass is 16.6. The largest absolute Gasteiger partial charge is 0.369 e. The second-order valence-electron chi connectivity index (χ2n) is 5.64. The van der Waals surface area contributed by atoms with Crippen molar-refractivity contribution < 1.29 is 4.92 Å². The zero-order chi connectivity index (χ0) is 15.0. The molecule has 1 aromatic carbocycles. The Labute approximate surface area is 122 Å². The van der Waals surface area contributed by atoms with Gasteiger partial charge >= 0.3 is 0 Å². The van der Waals surface area contributed by atoms with Crippen LogP contribution in [0.1, 0.15) is 13.3 Å². The predicted octanol–water partition coefficient (Wildman–Crippen LogP) is 2.32. The van der Waals surface area contributed by atoms with Gasteiger partial charge in [0, 0.05) is 42.5 Å². The van der Waals surface area contributed by atoms with E-state index >= 15 is 0 Å². The summed E-state index contributed by atoms with van der Waals surface area (Å²) < 4.78 is 0. The van der Waals surface area contributed by atoms with Crippen LogP contribution in [0.5, 0.6) is 0 Å². The molecule has 2 atom stereocenters. The number of hydrogen-bond donors (Lipinski definition) is 1. The van der Waals surface area contributed by atoms with E-state index in [1.54, 1.807) is 6.20 Å². The topological polar surface area (TPSA) is 85.3 Å². The molecule has 6 nitrogen and oxygen atoms in total. The fourth-order valence-electron chi connectivity index (χ4n) is 2.88. The van der Waals surface area contributed by atoms with E-state index in [-0.39, 0.29) is 16.7 Å². The standard InChI is InChI=1S/C15H18N4O2/c1-10-6-8-18(9-12(10)16)13-4-5-14(19(20)21)15-11(13)3-2-7-17-15/h2-5,7,10,12H,6,8-9,16H2,1H3. The molecule has 6 heteroatoms. The number of benzene rings is 1. The molecule has 110 valence electrons. The zero-order valence-electron chi connectivity index (χ0n) is 11.9. The Hall–Kier alpha value is -2.21. The lowest BCUT2D eigenvalue weighted by atomic mass is 9.93. The lowest BCUT2D eigenvalue weighted by Crippen LogP contribution is -2.47. The number of nitrogens with two attached hydrogens (primary N) is 1. The van der Waals surface area contributed by atoms with Crippen LogP contribution in [0.2, 0.25) is 0 Å². The second-order valence-corrected chi connectivity index (χ2v) is 5.64. The van der Waals surface area contributed by atoms with Crippen LogP contribution in [-0.4, -0.2) is 29.0 Å². The average molecular weight is 286 g/mol. The van der Waals surface area contributed by atoms with Crippen molar-refractivity contribution in [2.45, 2.75) is 19.4 Å². The summed E-state index contributed by atoms with van der Waals surface area (Å²) in [6, 6.07) is 7.16. The van der Waals surface area contributed by atoms with Gasteiger partial charge in [-0.15, -0.1) is 0 Å². The summed E-state index contributed by atoms with van der Waals surface area (Å²) in [4.78, 5) is 17.1. The number of nitro groups is 1. The number of nitrogens with zero attached hydrogens (tertiary/aromatic N) is 3. The fourth-order valence-corrected chi connectivity index (χ4v) is 2.88. The molecule has 21 heavy (non-hydrogen) atoms. The van der Waals surface area contributed by atoms with Crippen molar-refractivity contribution in [1.82, 2.24) is 4.98 Å². The maximum atomic E-state index is 11.1. The van der Waals surface area contributed by atoms with Crippen LogP contribution in [0.4, 0.5) is 11.4 Å². The number of rotatable bonds is 2. The summed E-state index contributed by atoms with van der Waals surface area (Å²) in [7, 11) is 0. The van der Waals surface area contributed by atoms with E-state index in [9.17, 15) is 10.1 Å². The number of aromatic nitrogens is 1. The van der Waals surface area contributed by atoms with Crippen LogP contribution in [0.25, 0.3) is 10.9 Å². The molecule has 0 amide bonds. The molecule has 2 heterocycles. The number of non-ortho nitro benzene ring substituents is 1. The quantitative estimate of drug-likeness (QED) is 0.676. The summed E-state index contributed by atoms with van der Waals surface area (Å²) >= 11 is 0. The number of nitro benzene ring substituents is 1. The number of anilines is 1. The molecule has 0 spiro atoms. The van der Waals surface area contributed by atoms with E-state index < -0.39 is 0 Å². The molecule has 1 aliphatic heterocycles. The Balaban J connectivity index is 2.08. The van der Waals surface area contributed by atoms with E-state index in [1.165, 1.54) is 6.07 Å². The first kappa shape index (κ1) is 13.8. The molecule has 1 saturated heterocycles. The van der Waals surface area contributed by atoms with E-state index in [0.29, 0.717) is 11.4 Å². The van der Waals surface area contributed by atoms with Crippen molar-refractivity contribution in [2.75, 3.05) is 18.0 Å². The first-order chi connectivity index (χ1) is 10.1. The molecule has 2 aromatic rings. The smallest absolute Gasteiger partial charge is 0.295 e. The number of fused-ring (bicyclic) bond motifs is 1. The molecule has 0 radical (unpaired) electrons. The molecule has 2 N–H and O–H groups in total. The van der Waals surface area contributed by atoms with Gasteiger partial charge < -0.3 is 10.6 Å². The Morgan fingerprint density at radius 2 is 2.24 bits per heavy atom. The molecular formula is C15H18N4O2. The number of pyridine rings is 1. The minimum atomic E-state index is -0.386. The van der Waals surface area contributed by atoms with Crippen molar-refractivity contribution >= 4 is 22.3 Å². The van der Waals surface area contributed by atoms with Gasteiger partial charge in [0.05, 0.1) is 4.92 Å². The zero-order valence-corrected chi connectivity index (χ0v) is 11.9. The number of hydrogen-bond acceptors (Lipinski definition) is 5. The molecule has 1 fully saturated rings. The highest BCUT2D eigenvalue weighted by molar-refractivity contribution is 5.97. The molecule has 1 aliphatic rings. The highest BCUT2D eigenvalue weighted by Crippen LogP contribution is 2.33. The Morgan fingerprint density at radius 1 is 1.43 bits per heavy atom. The Bertz CT molecular complexity index is 688. The van der Waals surface area contributed by atoms with Gasteiger partial charge in [0.1, 0.15) is 5.52 Å². The van der Waals surface area contributed by atoms with E-state index in [4.69, 9.17) is 5.73 Å². The Morgan fingerprint density at radius 3 is 2.95 bits per heavy atom. The van der Waals surface area contributed by atoms with Gasteiger partial charge in [-0.05, 0) is 30.5 Å². The van der Waals surface area contributed by atoms with Gasteiger partial charge in [-0.2, -0.15) is 0 Å². The SMILES string of the molecule is CC1CCN(c2ccc([N+](=O)[O-])c3ncccc23)CC1N. The normalized spacial score (nSPS) is 22.5. The van der Waals surface area contributed by atoms with Crippen LogP contribution >= 0.6 is 0 Å². The third-order valence-corrected chi connectivity index (χ3v) is 4.28. The van der Waals surface area contributed by atoms with Crippen LogP contribution in [0.3, 0.4) is 0 Å². The third kappa shape index (κ3) is 2.42. The fraction of sp³-hybridized carbons (Fsp3) is 0.400. The van der Waals surface area contributed by atoms with Crippen LogP contribution < -0.4 is 10.6 Å². The van der Waals surface area contributed by atoms with Gasteiger partial charge in [0.25, 0.3) is 5.69 Å². The molecule has 0 saturated carbocycles. The van der Waals surface area contributed by atoms with Crippen molar-refractivity contribution in [3.8, 4) is 0 Å². The predicted molar refractivity (Wildman–Crippen MR) is 82.4 cm³/mol. The van der Waals surface area contributed by atoms with Gasteiger partial charge in [0.15, 0.2) is 0 Å². The minimum Gasteiger partial charge on any atom is -0.369 e. The van der Waals surface area contributed by atoms with Crippen LogP contribution in [0.15, 0.2) is 30.5 Å². The van der Waals surface area contributed by atoms with E-state index in [2.05, 4.69) is 16.8 Å². The molecule has 0 bridgehead atoms. The summed E-state index contributed by atoms with van der Waals surface area (Å²) in [5.74, 6) is 0.503. The average Bonchev–Trinajstić information content (AvgIpc) is 2.49. The molecule has 0 aliphatic carbocycles. The summed E-state index contributed by atoms with van der Waals surface area (Å²) in [6.45, 7) is 3.84. The van der Waals surface area contributed by atoms with Crippen molar-refractivity contribution in [3.05, 3.63) is 40.6 Å². The van der Waals surface area contributed by atoms with Crippen LogP contribution in [0, 0.1) is 16.0 Å². The maximum Gasteiger partial charge on any atom is 0.295 e. The van der Waals surface area contributed by atoms with Gasteiger partial charge in [-0.1, -0.05) is 6.92 Å². The van der Waals surface area contributed by atoms with E-state index in [0.717, 1.165) is 30.6 Å².